The topological polar surface area (TPSA) is 59.6 Å². The molecule has 132 valence electrons. The molecule has 0 atom stereocenters. The summed E-state index contributed by atoms with van der Waals surface area (Å²) in [6.45, 7) is 0.351. The van der Waals surface area contributed by atoms with E-state index in [0.717, 1.165) is 11.1 Å². The number of thiocarbonyl (C=S) groups is 1. The Labute approximate surface area is 157 Å². The van der Waals surface area contributed by atoms with Gasteiger partial charge in [-0.2, -0.15) is 0 Å². The maximum absolute atomic E-state index is 12.0. The summed E-state index contributed by atoms with van der Waals surface area (Å²) in [6.07, 6.45) is 0.264. The van der Waals surface area contributed by atoms with E-state index < -0.39 is 0 Å². The molecule has 0 unspecified atom stereocenters. The van der Waals surface area contributed by atoms with Gasteiger partial charge < -0.3 is 20.1 Å². The van der Waals surface area contributed by atoms with Gasteiger partial charge in [0.1, 0.15) is 0 Å². The molecule has 0 saturated carbocycles. The molecule has 1 amide bonds. The van der Waals surface area contributed by atoms with Crippen molar-refractivity contribution in [2.45, 2.75) is 13.0 Å². The number of methoxy groups -OCH3 is 2. The number of carbonyl (C=O) groups excluding carboxylic acids is 1. The molecule has 0 bridgehead atoms. The van der Waals surface area contributed by atoms with Gasteiger partial charge in [-0.1, -0.05) is 41.9 Å². The standard InChI is InChI=1S/C18H19ClN2O3S/c1-23-15-9-13(14(19)10-16(15)24-2)11-20-18(25)21-17(22)8-12-6-4-3-5-7-12/h3-7,9-10H,8,11H2,1-2H3,(H2,20,21,22,25). The Bertz CT molecular complexity index is 753. The molecule has 25 heavy (non-hydrogen) atoms. The van der Waals surface area contributed by atoms with Crippen molar-refractivity contribution in [1.29, 1.82) is 0 Å². The molecule has 2 rings (SSSR count). The van der Waals surface area contributed by atoms with E-state index in [1.54, 1.807) is 26.4 Å². The van der Waals surface area contributed by atoms with E-state index in [1.165, 1.54) is 0 Å². The Morgan fingerprint density at radius 1 is 1.12 bits per heavy atom. The quantitative estimate of drug-likeness (QED) is 0.756. The van der Waals surface area contributed by atoms with Gasteiger partial charge in [0.05, 0.1) is 20.6 Å². The van der Waals surface area contributed by atoms with Crippen LogP contribution in [0.1, 0.15) is 11.1 Å². The molecule has 7 heteroatoms. The number of halogens is 1. The van der Waals surface area contributed by atoms with Crippen LogP contribution in [0.25, 0.3) is 0 Å². The lowest BCUT2D eigenvalue weighted by molar-refractivity contribution is -0.119. The number of hydrogen-bond acceptors (Lipinski definition) is 4. The molecule has 2 aromatic rings. The maximum Gasteiger partial charge on any atom is 0.230 e. The highest BCUT2D eigenvalue weighted by Gasteiger charge is 2.11. The summed E-state index contributed by atoms with van der Waals surface area (Å²) in [6, 6.07) is 12.9. The number of amides is 1. The van der Waals surface area contributed by atoms with Crippen LogP contribution in [0.5, 0.6) is 11.5 Å². The predicted molar refractivity (Wildman–Crippen MR) is 102 cm³/mol. The van der Waals surface area contributed by atoms with Gasteiger partial charge in [0.25, 0.3) is 0 Å². The fraction of sp³-hybridized carbons (Fsp3) is 0.222. The van der Waals surface area contributed by atoms with Crippen molar-refractivity contribution in [3.8, 4) is 11.5 Å². The zero-order valence-electron chi connectivity index (χ0n) is 14.0. The summed E-state index contributed by atoms with van der Waals surface area (Å²) >= 11 is 11.4. The van der Waals surface area contributed by atoms with E-state index in [4.69, 9.17) is 33.3 Å². The van der Waals surface area contributed by atoms with Crippen LogP contribution in [0.3, 0.4) is 0 Å². The van der Waals surface area contributed by atoms with Gasteiger partial charge in [0.2, 0.25) is 5.91 Å². The second-order valence-corrected chi connectivity index (χ2v) is 6.01. The summed E-state index contributed by atoms with van der Waals surface area (Å²) in [5, 5.41) is 6.38. The molecular weight excluding hydrogens is 360 g/mol. The largest absolute Gasteiger partial charge is 0.493 e. The number of hydrogen-bond donors (Lipinski definition) is 2. The fourth-order valence-electron chi connectivity index (χ4n) is 2.20. The highest BCUT2D eigenvalue weighted by molar-refractivity contribution is 7.80. The first kappa shape index (κ1) is 19.0. The van der Waals surface area contributed by atoms with Crippen LogP contribution in [0.2, 0.25) is 5.02 Å². The van der Waals surface area contributed by atoms with Crippen LogP contribution in [0, 0.1) is 0 Å². The van der Waals surface area contributed by atoms with Crippen molar-refractivity contribution in [1.82, 2.24) is 10.6 Å². The van der Waals surface area contributed by atoms with Gasteiger partial charge in [-0.3, -0.25) is 4.79 Å². The third-order valence-corrected chi connectivity index (χ3v) is 4.05. The molecule has 0 heterocycles. The van der Waals surface area contributed by atoms with Gasteiger partial charge in [-0.15, -0.1) is 0 Å². The average molecular weight is 379 g/mol. The van der Waals surface area contributed by atoms with Crippen LogP contribution in [0.15, 0.2) is 42.5 Å². The Hall–Kier alpha value is -2.31. The van der Waals surface area contributed by atoms with Crippen LogP contribution in [-0.2, 0) is 17.8 Å². The van der Waals surface area contributed by atoms with Gasteiger partial charge >= 0.3 is 0 Å². The summed E-state index contributed by atoms with van der Waals surface area (Å²) in [5.41, 5.74) is 1.70. The molecule has 2 N–H and O–H groups in total. The predicted octanol–water partition coefficient (Wildman–Crippen LogP) is 3.09. The van der Waals surface area contributed by atoms with Crippen molar-refractivity contribution in [2.75, 3.05) is 14.2 Å². The molecule has 0 aliphatic heterocycles. The van der Waals surface area contributed by atoms with Crippen molar-refractivity contribution < 1.29 is 14.3 Å². The third-order valence-electron chi connectivity index (χ3n) is 3.45. The summed E-state index contributed by atoms with van der Waals surface area (Å²) in [7, 11) is 3.10. The zero-order chi connectivity index (χ0) is 18.2. The van der Waals surface area contributed by atoms with E-state index in [9.17, 15) is 4.79 Å². The first-order chi connectivity index (χ1) is 12.0. The molecule has 0 saturated heterocycles. The molecule has 0 radical (unpaired) electrons. The van der Waals surface area contributed by atoms with Gasteiger partial charge in [-0.25, -0.2) is 0 Å². The van der Waals surface area contributed by atoms with Crippen molar-refractivity contribution in [3.63, 3.8) is 0 Å². The normalized spacial score (nSPS) is 10.0. The minimum Gasteiger partial charge on any atom is -0.493 e. The first-order valence-corrected chi connectivity index (χ1v) is 8.34. The first-order valence-electron chi connectivity index (χ1n) is 7.55. The van der Waals surface area contributed by atoms with Crippen LogP contribution < -0.4 is 20.1 Å². The second kappa shape index (κ2) is 9.25. The van der Waals surface area contributed by atoms with E-state index >= 15 is 0 Å². The maximum atomic E-state index is 12.0. The number of rotatable bonds is 6. The molecule has 2 aromatic carbocycles. The van der Waals surface area contributed by atoms with Crippen molar-refractivity contribution in [2.24, 2.45) is 0 Å². The summed E-state index contributed by atoms with van der Waals surface area (Å²) in [5.74, 6) is 0.944. The highest BCUT2D eigenvalue weighted by atomic mass is 35.5. The van der Waals surface area contributed by atoms with Crippen LogP contribution in [-0.4, -0.2) is 25.2 Å². The molecule has 0 aliphatic carbocycles. The van der Waals surface area contributed by atoms with Crippen LogP contribution >= 0.6 is 23.8 Å². The van der Waals surface area contributed by atoms with Crippen molar-refractivity contribution >= 4 is 34.8 Å². The van der Waals surface area contributed by atoms with E-state index in [2.05, 4.69) is 10.6 Å². The molecule has 0 fully saturated rings. The Balaban J connectivity index is 1.90. The SMILES string of the molecule is COc1cc(Cl)c(CNC(=S)NC(=O)Cc2ccccc2)cc1OC. The molecule has 5 nitrogen and oxygen atoms in total. The molecule has 0 aromatic heterocycles. The van der Waals surface area contributed by atoms with Gasteiger partial charge in [0.15, 0.2) is 16.6 Å². The molecule has 0 aliphatic rings. The number of benzene rings is 2. The third kappa shape index (κ3) is 5.62. The lowest BCUT2D eigenvalue weighted by Gasteiger charge is -2.13. The summed E-state index contributed by atoms with van der Waals surface area (Å²) < 4.78 is 10.4. The lowest BCUT2D eigenvalue weighted by Crippen LogP contribution is -2.39. The van der Waals surface area contributed by atoms with Crippen molar-refractivity contribution in [3.05, 3.63) is 58.6 Å². The van der Waals surface area contributed by atoms with E-state index in [1.807, 2.05) is 30.3 Å². The Morgan fingerprint density at radius 2 is 1.76 bits per heavy atom. The van der Waals surface area contributed by atoms with E-state index in [0.29, 0.717) is 23.1 Å². The number of ether oxygens (including phenoxy) is 2. The Morgan fingerprint density at radius 3 is 2.40 bits per heavy atom. The number of carbonyl (C=O) groups is 1. The van der Waals surface area contributed by atoms with Gasteiger partial charge in [0, 0.05) is 17.6 Å². The molecule has 0 spiro atoms. The van der Waals surface area contributed by atoms with Crippen LogP contribution in [0.4, 0.5) is 0 Å². The fourth-order valence-corrected chi connectivity index (χ4v) is 2.61. The highest BCUT2D eigenvalue weighted by Crippen LogP contribution is 2.32. The van der Waals surface area contributed by atoms with E-state index in [-0.39, 0.29) is 17.4 Å². The summed E-state index contributed by atoms with van der Waals surface area (Å²) in [4.78, 5) is 12.0. The monoisotopic (exact) mass is 378 g/mol. The molecular formula is C18H19ClN2O3S. The van der Waals surface area contributed by atoms with Gasteiger partial charge in [-0.05, 0) is 29.4 Å². The minimum absolute atomic E-state index is 0.179. The average Bonchev–Trinajstić information content (AvgIpc) is 2.61. The smallest absolute Gasteiger partial charge is 0.230 e. The zero-order valence-corrected chi connectivity index (χ0v) is 15.5. The lowest BCUT2D eigenvalue weighted by atomic mass is 10.1. The second-order valence-electron chi connectivity index (χ2n) is 5.19. The number of nitrogens with one attached hydrogen (secondary N) is 2. The minimum atomic E-state index is -0.179. The Kier molecular flexibility index (Phi) is 7.03.